The lowest BCUT2D eigenvalue weighted by atomic mass is 9.96. The minimum Gasteiger partial charge on any atom is -0.462 e. The number of ether oxygens (including phenoxy) is 1. The number of anilines is 1. The molecule has 0 aliphatic carbocycles. The maximum Gasteiger partial charge on any atom is 0.338 e. The molecule has 1 amide bonds. The Morgan fingerprint density at radius 3 is 2.64 bits per heavy atom. The minimum absolute atomic E-state index is 0.00717. The number of nitrogens with zero attached hydrogens (tertiary/aromatic N) is 1. The van der Waals surface area contributed by atoms with Crippen LogP contribution >= 0.6 is 11.6 Å². The first kappa shape index (κ1) is 20.4. The van der Waals surface area contributed by atoms with Gasteiger partial charge >= 0.3 is 5.97 Å². The van der Waals surface area contributed by atoms with Crippen molar-refractivity contribution in [1.29, 1.82) is 0 Å². The monoisotopic (exact) mass is 400 g/mol. The lowest BCUT2D eigenvalue weighted by molar-refractivity contribution is -0.121. The van der Waals surface area contributed by atoms with E-state index >= 15 is 0 Å². The molecule has 1 unspecified atom stereocenters. The van der Waals surface area contributed by atoms with Gasteiger partial charge in [-0.25, -0.2) is 4.79 Å². The topological polar surface area (TPSA) is 58.6 Å². The van der Waals surface area contributed by atoms with Crippen LogP contribution < -0.4 is 5.32 Å². The summed E-state index contributed by atoms with van der Waals surface area (Å²) >= 11 is 6.27. The first-order valence-electron chi connectivity index (χ1n) is 9.60. The number of carbonyl (C=O) groups is 2. The van der Waals surface area contributed by atoms with Gasteiger partial charge in [0.15, 0.2) is 0 Å². The van der Waals surface area contributed by atoms with E-state index in [1.165, 1.54) is 0 Å². The molecule has 1 atom stereocenters. The number of hydrogen-bond donors (Lipinski definition) is 1. The van der Waals surface area contributed by atoms with Crippen molar-refractivity contribution in [3.63, 3.8) is 0 Å². The first-order chi connectivity index (χ1) is 13.6. The first-order valence-corrected chi connectivity index (χ1v) is 9.98. The van der Waals surface area contributed by atoms with Gasteiger partial charge in [0, 0.05) is 23.8 Å². The molecule has 1 saturated heterocycles. The molecule has 0 aromatic heterocycles. The molecule has 0 bridgehead atoms. The highest BCUT2D eigenvalue weighted by Crippen LogP contribution is 2.23. The van der Waals surface area contributed by atoms with Gasteiger partial charge in [-0.05, 0) is 62.2 Å². The molecule has 2 aromatic rings. The summed E-state index contributed by atoms with van der Waals surface area (Å²) in [5, 5.41) is 3.72. The maximum atomic E-state index is 12.7. The lowest BCUT2D eigenvalue weighted by Crippen LogP contribution is -2.40. The molecule has 3 rings (SSSR count). The zero-order chi connectivity index (χ0) is 19.9. The molecular formula is C22H25ClN2O3. The highest BCUT2D eigenvalue weighted by molar-refractivity contribution is 6.31. The maximum absolute atomic E-state index is 12.7. The van der Waals surface area contributed by atoms with E-state index in [2.05, 4.69) is 10.2 Å². The fourth-order valence-corrected chi connectivity index (χ4v) is 3.62. The van der Waals surface area contributed by atoms with E-state index in [0.717, 1.165) is 36.5 Å². The van der Waals surface area contributed by atoms with Crippen LogP contribution in [0.3, 0.4) is 0 Å². The predicted molar refractivity (Wildman–Crippen MR) is 110 cm³/mol. The van der Waals surface area contributed by atoms with Crippen LogP contribution in [-0.2, 0) is 16.1 Å². The van der Waals surface area contributed by atoms with Gasteiger partial charge in [0.2, 0.25) is 5.91 Å². The van der Waals surface area contributed by atoms with Crippen LogP contribution in [0.1, 0.15) is 35.7 Å². The van der Waals surface area contributed by atoms with Crippen molar-refractivity contribution in [2.45, 2.75) is 26.3 Å². The van der Waals surface area contributed by atoms with E-state index in [0.29, 0.717) is 24.4 Å². The summed E-state index contributed by atoms with van der Waals surface area (Å²) in [5.74, 6) is -0.420. The molecule has 1 heterocycles. The second-order valence-electron chi connectivity index (χ2n) is 6.95. The third-order valence-electron chi connectivity index (χ3n) is 4.89. The smallest absolute Gasteiger partial charge is 0.338 e. The second-order valence-corrected chi connectivity index (χ2v) is 7.36. The van der Waals surface area contributed by atoms with Crippen molar-refractivity contribution in [3.05, 3.63) is 64.7 Å². The zero-order valence-corrected chi connectivity index (χ0v) is 16.7. The average molecular weight is 401 g/mol. The summed E-state index contributed by atoms with van der Waals surface area (Å²) in [5.41, 5.74) is 2.24. The predicted octanol–water partition coefficient (Wildman–Crippen LogP) is 4.37. The van der Waals surface area contributed by atoms with Crippen LogP contribution in [0.15, 0.2) is 48.5 Å². The van der Waals surface area contributed by atoms with Gasteiger partial charge in [0.25, 0.3) is 0 Å². The van der Waals surface area contributed by atoms with Crippen LogP contribution in [0.4, 0.5) is 5.69 Å². The number of rotatable bonds is 6. The number of benzene rings is 2. The van der Waals surface area contributed by atoms with Crippen molar-refractivity contribution >= 4 is 29.2 Å². The van der Waals surface area contributed by atoms with Gasteiger partial charge in [-0.1, -0.05) is 29.8 Å². The van der Waals surface area contributed by atoms with E-state index in [1.54, 1.807) is 31.2 Å². The van der Waals surface area contributed by atoms with E-state index < -0.39 is 0 Å². The number of halogens is 1. The molecule has 5 nitrogen and oxygen atoms in total. The van der Waals surface area contributed by atoms with Crippen LogP contribution in [0.5, 0.6) is 0 Å². The van der Waals surface area contributed by atoms with Gasteiger partial charge < -0.3 is 10.1 Å². The molecule has 0 radical (unpaired) electrons. The summed E-state index contributed by atoms with van der Waals surface area (Å²) in [6.07, 6.45) is 1.84. The number of likely N-dealkylation sites (tertiary alicyclic amines) is 1. The molecule has 1 N–H and O–H groups in total. The van der Waals surface area contributed by atoms with Crippen molar-refractivity contribution in [1.82, 2.24) is 4.90 Å². The summed E-state index contributed by atoms with van der Waals surface area (Å²) in [7, 11) is 0. The summed E-state index contributed by atoms with van der Waals surface area (Å²) in [6.45, 7) is 4.52. The molecule has 28 heavy (non-hydrogen) atoms. The van der Waals surface area contributed by atoms with Crippen molar-refractivity contribution < 1.29 is 14.3 Å². The summed E-state index contributed by atoms with van der Waals surface area (Å²) in [6, 6.07) is 14.6. The third kappa shape index (κ3) is 5.33. The van der Waals surface area contributed by atoms with E-state index in [-0.39, 0.29) is 17.8 Å². The Morgan fingerprint density at radius 2 is 1.93 bits per heavy atom. The quantitative estimate of drug-likeness (QED) is 0.731. The van der Waals surface area contributed by atoms with Gasteiger partial charge in [0.05, 0.1) is 18.1 Å². The third-order valence-corrected chi connectivity index (χ3v) is 5.26. The Morgan fingerprint density at radius 1 is 1.18 bits per heavy atom. The Kier molecular flexibility index (Phi) is 7.06. The van der Waals surface area contributed by atoms with Gasteiger partial charge in [0.1, 0.15) is 0 Å². The van der Waals surface area contributed by atoms with Gasteiger partial charge in [-0.3, -0.25) is 9.69 Å². The Hall–Kier alpha value is -2.37. The molecule has 1 aliphatic heterocycles. The molecule has 1 aliphatic rings. The number of esters is 1. The zero-order valence-electron chi connectivity index (χ0n) is 16.0. The van der Waals surface area contributed by atoms with E-state index in [1.807, 2.05) is 24.3 Å². The molecule has 0 spiro atoms. The van der Waals surface area contributed by atoms with Crippen LogP contribution in [0, 0.1) is 5.92 Å². The molecule has 6 heteroatoms. The molecule has 148 valence electrons. The van der Waals surface area contributed by atoms with Crippen molar-refractivity contribution in [2.75, 3.05) is 25.0 Å². The molecular weight excluding hydrogens is 376 g/mol. The number of hydrogen-bond acceptors (Lipinski definition) is 4. The second kappa shape index (κ2) is 9.71. The molecule has 2 aromatic carbocycles. The van der Waals surface area contributed by atoms with Gasteiger partial charge in [-0.15, -0.1) is 0 Å². The highest BCUT2D eigenvalue weighted by Gasteiger charge is 2.26. The number of nitrogens with one attached hydrogen (secondary N) is 1. The van der Waals surface area contributed by atoms with Gasteiger partial charge in [-0.2, -0.15) is 0 Å². The molecule has 1 fully saturated rings. The van der Waals surface area contributed by atoms with E-state index in [4.69, 9.17) is 16.3 Å². The Labute approximate surface area is 170 Å². The fourth-order valence-electron chi connectivity index (χ4n) is 3.43. The lowest BCUT2D eigenvalue weighted by Gasteiger charge is -2.32. The SMILES string of the molecule is CCOC(=O)c1ccc(NC(=O)C2CCCN(Cc3ccccc3Cl)C2)cc1. The largest absolute Gasteiger partial charge is 0.462 e. The van der Waals surface area contributed by atoms with E-state index in [9.17, 15) is 9.59 Å². The van der Waals surface area contributed by atoms with Crippen molar-refractivity contribution in [2.24, 2.45) is 5.92 Å². The van der Waals surface area contributed by atoms with Crippen LogP contribution in [0.2, 0.25) is 5.02 Å². The number of piperidine rings is 1. The van der Waals surface area contributed by atoms with Crippen LogP contribution in [0.25, 0.3) is 0 Å². The van der Waals surface area contributed by atoms with Crippen molar-refractivity contribution in [3.8, 4) is 0 Å². The summed E-state index contributed by atoms with van der Waals surface area (Å²) in [4.78, 5) is 26.7. The Balaban J connectivity index is 1.56. The molecule has 0 saturated carbocycles. The fraction of sp³-hybridized carbons (Fsp3) is 0.364. The number of carbonyl (C=O) groups excluding carboxylic acids is 2. The number of amides is 1. The minimum atomic E-state index is -0.358. The highest BCUT2D eigenvalue weighted by atomic mass is 35.5. The summed E-state index contributed by atoms with van der Waals surface area (Å²) < 4.78 is 4.97. The Bertz CT molecular complexity index is 823. The average Bonchev–Trinajstić information content (AvgIpc) is 2.71. The van der Waals surface area contributed by atoms with Crippen LogP contribution in [-0.4, -0.2) is 36.5 Å². The normalized spacial score (nSPS) is 17.1. The standard InChI is InChI=1S/C22H25ClN2O3/c1-2-28-22(27)16-9-11-19(12-10-16)24-21(26)18-7-5-13-25(15-18)14-17-6-3-4-8-20(17)23/h3-4,6,8-12,18H,2,5,7,13-15H2,1H3,(H,24,26).